The number of nitrogens with zero attached hydrogens (tertiary/aromatic N) is 2. The number of halogens is 1. The van der Waals surface area contributed by atoms with E-state index in [-0.39, 0.29) is 24.4 Å². The lowest BCUT2D eigenvalue weighted by molar-refractivity contribution is 0.0781. The van der Waals surface area contributed by atoms with Gasteiger partial charge in [-0.3, -0.25) is 9.78 Å². The highest BCUT2D eigenvalue weighted by molar-refractivity contribution is 6.07. The van der Waals surface area contributed by atoms with E-state index in [9.17, 15) is 4.79 Å². The van der Waals surface area contributed by atoms with Gasteiger partial charge in [0.05, 0.1) is 11.1 Å². The smallest absolute Gasteiger partial charge is 0.254 e. The number of benzene rings is 1. The Morgan fingerprint density at radius 1 is 1.11 bits per heavy atom. The minimum atomic E-state index is 0. The number of aromatic nitrogens is 1. The molecule has 1 amide bonds. The number of hydrogen-bond acceptors (Lipinski definition) is 3. The van der Waals surface area contributed by atoms with Crippen LogP contribution < -0.4 is 5.73 Å². The monoisotopic (exact) mass is 385 g/mol. The first-order valence-corrected chi connectivity index (χ1v) is 9.98. The molecule has 1 aromatic heterocycles. The molecule has 2 N–H and O–H groups in total. The zero-order valence-electron chi connectivity index (χ0n) is 16.1. The van der Waals surface area contributed by atoms with Crippen LogP contribution in [0.15, 0.2) is 18.2 Å². The van der Waals surface area contributed by atoms with Crippen molar-refractivity contribution in [1.82, 2.24) is 9.88 Å². The Hall–Kier alpha value is -1.65. The summed E-state index contributed by atoms with van der Waals surface area (Å²) in [5.41, 5.74) is 11.6. The van der Waals surface area contributed by atoms with Gasteiger partial charge in [-0.2, -0.15) is 0 Å². The van der Waals surface area contributed by atoms with Crippen molar-refractivity contribution in [3.8, 4) is 0 Å². The van der Waals surface area contributed by atoms with Crippen LogP contribution in [0, 0.1) is 25.7 Å². The number of likely N-dealkylation sites (tertiary alicyclic amines) is 1. The van der Waals surface area contributed by atoms with Crippen LogP contribution in [0.25, 0.3) is 10.9 Å². The molecule has 3 unspecified atom stereocenters. The molecule has 0 radical (unpaired) electrons. The molecule has 2 aromatic rings. The molecule has 3 fully saturated rings. The van der Waals surface area contributed by atoms with Gasteiger partial charge in [0, 0.05) is 36.1 Å². The maximum Gasteiger partial charge on any atom is 0.254 e. The second-order valence-electron chi connectivity index (χ2n) is 8.72. The van der Waals surface area contributed by atoms with Gasteiger partial charge in [-0.05, 0) is 69.1 Å². The molecule has 3 aliphatic rings. The van der Waals surface area contributed by atoms with Gasteiger partial charge in [0.2, 0.25) is 0 Å². The lowest BCUT2D eigenvalue weighted by Crippen LogP contribution is -2.33. The molecule has 2 heterocycles. The number of amides is 1. The summed E-state index contributed by atoms with van der Waals surface area (Å²) in [5, 5.41) is 1.01. The quantitative estimate of drug-likeness (QED) is 0.851. The lowest BCUT2D eigenvalue weighted by atomic mass is 9.98. The molecule has 0 bridgehead atoms. The van der Waals surface area contributed by atoms with E-state index in [1.54, 1.807) is 0 Å². The Morgan fingerprint density at radius 2 is 1.89 bits per heavy atom. The fraction of sp³-hybridized carbons (Fsp3) is 0.545. The van der Waals surface area contributed by atoms with Crippen molar-refractivity contribution in [3.05, 3.63) is 40.6 Å². The van der Waals surface area contributed by atoms with Crippen molar-refractivity contribution in [2.24, 2.45) is 17.6 Å². The van der Waals surface area contributed by atoms with E-state index in [0.717, 1.165) is 53.7 Å². The van der Waals surface area contributed by atoms with Crippen LogP contribution in [0.4, 0.5) is 0 Å². The van der Waals surface area contributed by atoms with E-state index in [0.29, 0.717) is 17.8 Å². The Morgan fingerprint density at radius 3 is 2.59 bits per heavy atom. The van der Waals surface area contributed by atoms with Crippen LogP contribution in [0.1, 0.15) is 58.8 Å². The largest absolute Gasteiger partial charge is 0.338 e. The van der Waals surface area contributed by atoms with Crippen molar-refractivity contribution in [2.75, 3.05) is 13.1 Å². The highest BCUT2D eigenvalue weighted by atomic mass is 35.5. The normalized spacial score (nSPS) is 26.9. The van der Waals surface area contributed by atoms with Crippen molar-refractivity contribution >= 4 is 29.2 Å². The summed E-state index contributed by atoms with van der Waals surface area (Å²) in [6.07, 6.45) is 4.66. The number of carbonyl (C=O) groups is 1. The summed E-state index contributed by atoms with van der Waals surface area (Å²) in [5.74, 6) is 1.79. The van der Waals surface area contributed by atoms with Gasteiger partial charge in [-0.15, -0.1) is 12.4 Å². The molecule has 5 heteroatoms. The fourth-order valence-corrected chi connectivity index (χ4v) is 5.11. The standard InChI is InChI=1S/C22H27N3O.ClH/c1-12-7-13(2)21-16(8-12)17(9-20(24-21)14-3-4-14)22(26)25-10-15-5-6-19(23)18(15)11-25;/h7-9,14-15,18-19H,3-6,10-11,23H2,1-2H3;1H. The number of nitrogens with two attached hydrogens (primary N) is 1. The Balaban J connectivity index is 0.00000180. The first-order chi connectivity index (χ1) is 12.5. The zero-order valence-corrected chi connectivity index (χ0v) is 16.9. The highest BCUT2D eigenvalue weighted by Crippen LogP contribution is 2.42. The van der Waals surface area contributed by atoms with Crippen molar-refractivity contribution < 1.29 is 4.79 Å². The third-order valence-electron chi connectivity index (χ3n) is 6.69. The number of fused-ring (bicyclic) bond motifs is 2. The summed E-state index contributed by atoms with van der Waals surface area (Å²) in [6, 6.07) is 6.63. The average Bonchev–Trinajstić information content (AvgIpc) is 3.28. The molecule has 27 heavy (non-hydrogen) atoms. The lowest BCUT2D eigenvalue weighted by Gasteiger charge is -2.20. The van der Waals surface area contributed by atoms with E-state index in [4.69, 9.17) is 10.7 Å². The van der Waals surface area contributed by atoms with Crippen LogP contribution in [-0.2, 0) is 0 Å². The fourth-order valence-electron chi connectivity index (χ4n) is 5.11. The van der Waals surface area contributed by atoms with Gasteiger partial charge >= 0.3 is 0 Å². The average molecular weight is 386 g/mol. The van der Waals surface area contributed by atoms with E-state index < -0.39 is 0 Å². The molecule has 4 nitrogen and oxygen atoms in total. The van der Waals surface area contributed by atoms with E-state index in [2.05, 4.69) is 36.9 Å². The number of rotatable bonds is 2. The molecule has 1 aromatic carbocycles. The third-order valence-corrected chi connectivity index (χ3v) is 6.69. The number of aryl methyl sites for hydroxylation is 2. The maximum absolute atomic E-state index is 13.5. The van der Waals surface area contributed by atoms with Crippen molar-refractivity contribution in [1.29, 1.82) is 0 Å². The molecule has 0 spiro atoms. The van der Waals surface area contributed by atoms with Gasteiger partial charge in [-0.25, -0.2) is 0 Å². The van der Waals surface area contributed by atoms with Crippen LogP contribution in [-0.4, -0.2) is 34.9 Å². The predicted molar refractivity (Wildman–Crippen MR) is 111 cm³/mol. The van der Waals surface area contributed by atoms with Crippen LogP contribution in [0.3, 0.4) is 0 Å². The summed E-state index contributed by atoms with van der Waals surface area (Å²) in [7, 11) is 0. The summed E-state index contributed by atoms with van der Waals surface area (Å²) >= 11 is 0. The molecule has 5 rings (SSSR count). The molecule has 2 saturated carbocycles. The molecular weight excluding hydrogens is 358 g/mol. The molecule has 1 saturated heterocycles. The third kappa shape index (κ3) is 3.13. The molecule has 144 valence electrons. The van der Waals surface area contributed by atoms with E-state index in [1.165, 1.54) is 18.4 Å². The van der Waals surface area contributed by atoms with E-state index >= 15 is 0 Å². The highest BCUT2D eigenvalue weighted by Gasteiger charge is 2.43. The summed E-state index contributed by atoms with van der Waals surface area (Å²) < 4.78 is 0. The van der Waals surface area contributed by atoms with Gasteiger partial charge in [0.1, 0.15) is 0 Å². The van der Waals surface area contributed by atoms with Gasteiger partial charge in [0.15, 0.2) is 0 Å². The summed E-state index contributed by atoms with van der Waals surface area (Å²) in [6.45, 7) is 5.88. The molecular formula is C22H28ClN3O. The van der Waals surface area contributed by atoms with Gasteiger partial charge in [-0.1, -0.05) is 11.6 Å². The van der Waals surface area contributed by atoms with Crippen molar-refractivity contribution in [3.63, 3.8) is 0 Å². The Kier molecular flexibility index (Phi) is 4.68. The predicted octanol–water partition coefficient (Wildman–Crippen LogP) is 3.96. The molecule has 3 atom stereocenters. The topological polar surface area (TPSA) is 59.2 Å². The Labute approximate surface area is 166 Å². The first kappa shape index (κ1) is 18.7. The first-order valence-electron chi connectivity index (χ1n) is 9.98. The van der Waals surface area contributed by atoms with Crippen LogP contribution in [0.2, 0.25) is 0 Å². The van der Waals surface area contributed by atoms with Gasteiger partial charge < -0.3 is 10.6 Å². The SMILES string of the molecule is Cc1cc(C)c2nc(C3CC3)cc(C(=O)N3CC4CCC(N)C4C3)c2c1.Cl. The van der Waals surface area contributed by atoms with Crippen LogP contribution >= 0.6 is 12.4 Å². The Bertz CT molecular complexity index is 908. The maximum atomic E-state index is 13.5. The summed E-state index contributed by atoms with van der Waals surface area (Å²) in [4.78, 5) is 20.5. The number of hydrogen-bond donors (Lipinski definition) is 1. The second-order valence-corrected chi connectivity index (χ2v) is 8.72. The number of carbonyl (C=O) groups excluding carboxylic acids is 1. The van der Waals surface area contributed by atoms with Gasteiger partial charge in [0.25, 0.3) is 5.91 Å². The minimum Gasteiger partial charge on any atom is -0.338 e. The molecule has 1 aliphatic heterocycles. The zero-order chi connectivity index (χ0) is 18.0. The van der Waals surface area contributed by atoms with Crippen molar-refractivity contribution in [2.45, 2.75) is 51.5 Å². The second kappa shape index (κ2) is 6.75. The van der Waals surface area contributed by atoms with Crippen LogP contribution in [0.5, 0.6) is 0 Å². The van der Waals surface area contributed by atoms with E-state index in [1.807, 2.05) is 0 Å². The number of pyridine rings is 1. The molecule has 2 aliphatic carbocycles. The minimum absolute atomic E-state index is 0.